The van der Waals surface area contributed by atoms with Gasteiger partial charge in [-0.25, -0.2) is 4.39 Å². The van der Waals surface area contributed by atoms with Crippen LogP contribution in [0.25, 0.3) is 0 Å². The van der Waals surface area contributed by atoms with E-state index in [9.17, 15) is 14.3 Å². The first-order valence-corrected chi connectivity index (χ1v) is 6.21. The first kappa shape index (κ1) is 13.6. The largest absolute Gasteiger partial charge is 0.496 e. The zero-order valence-electron chi connectivity index (χ0n) is 11.0. The summed E-state index contributed by atoms with van der Waals surface area (Å²) >= 11 is 0. The summed E-state index contributed by atoms with van der Waals surface area (Å²) in [5.74, 6) is -1.33. The predicted molar refractivity (Wildman–Crippen MR) is 67.3 cm³/mol. The molecule has 5 heteroatoms. The Morgan fingerprint density at radius 1 is 1.21 bits per heavy atom. The van der Waals surface area contributed by atoms with Crippen molar-refractivity contribution < 1.29 is 23.8 Å². The molecule has 4 nitrogen and oxygen atoms in total. The molecule has 2 rings (SSSR count). The second-order valence-corrected chi connectivity index (χ2v) is 4.75. The van der Waals surface area contributed by atoms with Crippen LogP contribution in [0, 0.1) is 5.82 Å². The van der Waals surface area contributed by atoms with Crippen LogP contribution in [0.2, 0.25) is 0 Å². The Bertz CT molecular complexity index is 492. The van der Waals surface area contributed by atoms with Crippen molar-refractivity contribution >= 4 is 5.97 Å². The molecule has 1 aromatic rings. The smallest absolute Gasteiger partial charge is 0.314 e. The fraction of sp³-hybridized carbons (Fsp3) is 0.500. The quantitative estimate of drug-likeness (QED) is 0.912. The number of halogens is 1. The van der Waals surface area contributed by atoms with Gasteiger partial charge in [0.1, 0.15) is 5.75 Å². The number of carboxylic acid groups (broad SMARTS) is 1. The van der Waals surface area contributed by atoms with Crippen LogP contribution < -0.4 is 9.47 Å². The Labute approximate surface area is 111 Å². The highest BCUT2D eigenvalue weighted by atomic mass is 19.1. The first-order valence-electron chi connectivity index (χ1n) is 6.21. The van der Waals surface area contributed by atoms with E-state index >= 15 is 0 Å². The second kappa shape index (κ2) is 5.07. The highest BCUT2D eigenvalue weighted by Crippen LogP contribution is 2.47. The number of carboxylic acids is 1. The van der Waals surface area contributed by atoms with Gasteiger partial charge in [-0.3, -0.25) is 4.79 Å². The summed E-state index contributed by atoms with van der Waals surface area (Å²) in [7, 11) is 2.77. The van der Waals surface area contributed by atoms with E-state index in [1.165, 1.54) is 20.3 Å². The maximum atomic E-state index is 14.5. The van der Waals surface area contributed by atoms with Crippen molar-refractivity contribution in [3.8, 4) is 11.5 Å². The molecule has 0 spiro atoms. The minimum atomic E-state index is -1.20. The van der Waals surface area contributed by atoms with E-state index < -0.39 is 17.2 Å². The van der Waals surface area contributed by atoms with Gasteiger partial charge in [0.25, 0.3) is 0 Å². The van der Waals surface area contributed by atoms with Crippen LogP contribution >= 0.6 is 0 Å². The fourth-order valence-corrected chi connectivity index (χ4v) is 2.86. The van der Waals surface area contributed by atoms with Crippen molar-refractivity contribution in [2.45, 2.75) is 31.1 Å². The maximum Gasteiger partial charge on any atom is 0.314 e. The highest BCUT2D eigenvalue weighted by molar-refractivity contribution is 5.83. The molecule has 0 aliphatic heterocycles. The van der Waals surface area contributed by atoms with E-state index in [4.69, 9.17) is 9.47 Å². The SMILES string of the molecule is COc1ccc(OC)c(C2(C(=O)O)CCCC2)c1F. The third kappa shape index (κ3) is 2.03. The van der Waals surface area contributed by atoms with Gasteiger partial charge in [-0.2, -0.15) is 0 Å². The summed E-state index contributed by atoms with van der Waals surface area (Å²) in [5.41, 5.74) is -1.09. The van der Waals surface area contributed by atoms with Crippen LogP contribution in [0.5, 0.6) is 11.5 Å². The van der Waals surface area contributed by atoms with E-state index in [0.29, 0.717) is 12.8 Å². The van der Waals surface area contributed by atoms with Crippen molar-refractivity contribution in [2.24, 2.45) is 0 Å². The lowest BCUT2D eigenvalue weighted by molar-refractivity contribution is -0.143. The summed E-state index contributed by atoms with van der Waals surface area (Å²) in [6, 6.07) is 3.00. The summed E-state index contributed by atoms with van der Waals surface area (Å²) < 4.78 is 24.6. The number of carbonyl (C=O) groups is 1. The van der Waals surface area contributed by atoms with Crippen molar-refractivity contribution in [2.75, 3.05) is 14.2 Å². The number of hydrogen-bond donors (Lipinski definition) is 1. The highest BCUT2D eigenvalue weighted by Gasteiger charge is 2.47. The van der Waals surface area contributed by atoms with Gasteiger partial charge in [-0.05, 0) is 25.0 Å². The summed E-state index contributed by atoms with van der Waals surface area (Å²) in [4.78, 5) is 11.7. The number of ether oxygens (including phenoxy) is 2. The van der Waals surface area contributed by atoms with Crippen molar-refractivity contribution in [1.29, 1.82) is 0 Å². The minimum absolute atomic E-state index is 0.0447. The van der Waals surface area contributed by atoms with E-state index in [1.807, 2.05) is 0 Å². The van der Waals surface area contributed by atoms with E-state index in [-0.39, 0.29) is 17.1 Å². The molecule has 19 heavy (non-hydrogen) atoms. The van der Waals surface area contributed by atoms with Gasteiger partial charge in [0.2, 0.25) is 0 Å². The second-order valence-electron chi connectivity index (χ2n) is 4.75. The van der Waals surface area contributed by atoms with Crippen molar-refractivity contribution in [1.82, 2.24) is 0 Å². The molecule has 0 unspecified atom stereocenters. The average Bonchev–Trinajstić information content (AvgIpc) is 2.88. The normalized spacial score (nSPS) is 17.2. The third-order valence-corrected chi connectivity index (χ3v) is 3.85. The van der Waals surface area contributed by atoms with Gasteiger partial charge < -0.3 is 14.6 Å². The standard InChI is InChI=1S/C14H17FO4/c1-18-9-5-6-10(19-2)12(15)11(9)14(13(16)17)7-3-4-8-14/h5-6H,3-4,7-8H2,1-2H3,(H,16,17). The van der Waals surface area contributed by atoms with Crippen LogP contribution in [0.15, 0.2) is 12.1 Å². The molecule has 0 aromatic heterocycles. The van der Waals surface area contributed by atoms with Crippen LogP contribution in [-0.2, 0) is 10.2 Å². The zero-order chi connectivity index (χ0) is 14.0. The van der Waals surface area contributed by atoms with Crippen LogP contribution in [0.4, 0.5) is 4.39 Å². The number of aliphatic carboxylic acids is 1. The molecule has 1 aliphatic carbocycles. The number of hydrogen-bond acceptors (Lipinski definition) is 3. The lowest BCUT2D eigenvalue weighted by Crippen LogP contribution is -2.34. The molecule has 104 valence electrons. The van der Waals surface area contributed by atoms with Crippen LogP contribution in [0.3, 0.4) is 0 Å². The molecule has 0 atom stereocenters. The van der Waals surface area contributed by atoms with E-state index in [0.717, 1.165) is 12.8 Å². The zero-order valence-corrected chi connectivity index (χ0v) is 11.0. The Kier molecular flexibility index (Phi) is 3.64. The molecule has 0 amide bonds. The molecule has 1 aliphatic rings. The number of methoxy groups -OCH3 is 2. The Balaban J connectivity index is 2.67. The van der Waals surface area contributed by atoms with Gasteiger partial charge in [-0.15, -0.1) is 0 Å². The van der Waals surface area contributed by atoms with Gasteiger partial charge in [-0.1, -0.05) is 12.8 Å². The maximum absolute atomic E-state index is 14.5. The number of rotatable bonds is 4. The topological polar surface area (TPSA) is 55.8 Å². The molecule has 1 saturated carbocycles. The molecule has 0 radical (unpaired) electrons. The molecule has 1 fully saturated rings. The Morgan fingerprint density at radius 2 is 1.74 bits per heavy atom. The van der Waals surface area contributed by atoms with Gasteiger partial charge in [0.15, 0.2) is 11.6 Å². The molecule has 0 bridgehead atoms. The van der Waals surface area contributed by atoms with Crippen LogP contribution in [0.1, 0.15) is 31.2 Å². The Hall–Kier alpha value is -1.78. The lowest BCUT2D eigenvalue weighted by atomic mass is 9.78. The van der Waals surface area contributed by atoms with Crippen molar-refractivity contribution in [3.63, 3.8) is 0 Å². The molecule has 0 saturated heterocycles. The molecular formula is C14H17FO4. The van der Waals surface area contributed by atoms with Gasteiger partial charge in [0.05, 0.1) is 25.2 Å². The third-order valence-electron chi connectivity index (χ3n) is 3.85. The summed E-state index contributed by atoms with van der Waals surface area (Å²) in [6.45, 7) is 0. The molecule has 1 N–H and O–H groups in total. The predicted octanol–water partition coefficient (Wildman–Crippen LogP) is 2.74. The summed E-state index contributed by atoms with van der Waals surface area (Å²) in [6.07, 6.45) is 2.38. The molecular weight excluding hydrogens is 251 g/mol. The Morgan fingerprint density at radius 3 is 2.21 bits per heavy atom. The number of benzene rings is 1. The fourth-order valence-electron chi connectivity index (χ4n) is 2.86. The average molecular weight is 268 g/mol. The van der Waals surface area contributed by atoms with Gasteiger partial charge >= 0.3 is 5.97 Å². The molecule has 0 heterocycles. The van der Waals surface area contributed by atoms with Crippen LogP contribution in [-0.4, -0.2) is 25.3 Å². The van der Waals surface area contributed by atoms with Gasteiger partial charge in [0, 0.05) is 0 Å². The lowest BCUT2D eigenvalue weighted by Gasteiger charge is -2.27. The monoisotopic (exact) mass is 268 g/mol. The minimum Gasteiger partial charge on any atom is -0.496 e. The van der Waals surface area contributed by atoms with E-state index in [2.05, 4.69) is 0 Å². The van der Waals surface area contributed by atoms with Crippen molar-refractivity contribution in [3.05, 3.63) is 23.5 Å². The molecule has 1 aromatic carbocycles. The summed E-state index contributed by atoms with van der Waals surface area (Å²) in [5, 5.41) is 9.56. The first-order chi connectivity index (χ1) is 9.06. The van der Waals surface area contributed by atoms with E-state index in [1.54, 1.807) is 6.07 Å².